The molecule has 1 aromatic carbocycles. The molecule has 0 radical (unpaired) electrons. The van der Waals surface area contributed by atoms with Crippen LogP contribution < -0.4 is 10.5 Å². The molecule has 0 atom stereocenters. The van der Waals surface area contributed by atoms with E-state index in [1.54, 1.807) is 6.07 Å². The molecule has 0 aliphatic carbocycles. The van der Waals surface area contributed by atoms with Crippen molar-refractivity contribution in [3.8, 4) is 5.75 Å². The number of methoxy groups -OCH3 is 1. The summed E-state index contributed by atoms with van der Waals surface area (Å²) in [4.78, 5) is 23.4. The minimum Gasteiger partial charge on any atom is -0.495 e. The Morgan fingerprint density at radius 1 is 1.47 bits per heavy atom. The van der Waals surface area contributed by atoms with Gasteiger partial charge >= 0.3 is 5.97 Å². The predicted molar refractivity (Wildman–Crippen MR) is 62.0 cm³/mol. The number of amides is 1. The van der Waals surface area contributed by atoms with E-state index >= 15 is 0 Å². The van der Waals surface area contributed by atoms with Crippen LogP contribution in [-0.2, 0) is 4.79 Å². The predicted octanol–water partition coefficient (Wildman–Crippen LogP) is 0.434. The molecule has 0 saturated carbocycles. The van der Waals surface area contributed by atoms with Gasteiger partial charge in [0.25, 0.3) is 5.91 Å². The molecule has 1 rings (SSSR count). The molecular formula is C11H14N2O4. The molecule has 1 aromatic rings. The molecule has 0 fully saturated rings. The fourth-order valence-corrected chi connectivity index (χ4v) is 1.36. The lowest BCUT2D eigenvalue weighted by atomic mass is 10.1. The van der Waals surface area contributed by atoms with Crippen molar-refractivity contribution in [2.24, 2.45) is 0 Å². The number of nitrogens with zero attached hydrogens (tertiary/aromatic N) is 1. The number of likely N-dealkylation sites (N-methyl/N-ethyl adjacent to an activating group) is 1. The summed E-state index contributed by atoms with van der Waals surface area (Å²) in [6.45, 7) is -0.356. The van der Waals surface area contributed by atoms with Crippen LogP contribution in [0.25, 0.3) is 0 Å². The monoisotopic (exact) mass is 238 g/mol. The van der Waals surface area contributed by atoms with E-state index in [1.165, 1.54) is 26.3 Å². The summed E-state index contributed by atoms with van der Waals surface area (Å²) in [6, 6.07) is 4.56. The van der Waals surface area contributed by atoms with Gasteiger partial charge in [0.1, 0.15) is 12.3 Å². The van der Waals surface area contributed by atoms with Crippen LogP contribution in [0.3, 0.4) is 0 Å². The normalized spacial score (nSPS) is 9.76. The lowest BCUT2D eigenvalue weighted by molar-refractivity contribution is -0.137. The van der Waals surface area contributed by atoms with Crippen molar-refractivity contribution in [3.05, 3.63) is 23.8 Å². The molecule has 1 amide bonds. The van der Waals surface area contributed by atoms with E-state index in [9.17, 15) is 9.59 Å². The molecule has 0 unspecified atom stereocenters. The van der Waals surface area contributed by atoms with Crippen LogP contribution in [0, 0.1) is 0 Å². The third kappa shape index (κ3) is 3.10. The second-order valence-electron chi connectivity index (χ2n) is 3.51. The van der Waals surface area contributed by atoms with Crippen LogP contribution in [0.1, 0.15) is 10.4 Å². The molecule has 3 N–H and O–H groups in total. The molecule has 0 heterocycles. The SMILES string of the molecule is COc1ccc(C(=O)N(C)CC(=O)O)cc1N. The Labute approximate surface area is 98.6 Å². The topological polar surface area (TPSA) is 92.9 Å². The zero-order valence-electron chi connectivity index (χ0n) is 9.64. The molecule has 92 valence electrons. The first-order chi connectivity index (χ1) is 7.95. The van der Waals surface area contributed by atoms with Gasteiger partial charge in [-0.1, -0.05) is 0 Å². The van der Waals surface area contributed by atoms with Crippen LogP contribution >= 0.6 is 0 Å². The lowest BCUT2D eigenvalue weighted by Crippen LogP contribution is -2.31. The third-order valence-corrected chi connectivity index (χ3v) is 2.20. The van der Waals surface area contributed by atoms with Gasteiger partial charge in [-0.3, -0.25) is 9.59 Å². The van der Waals surface area contributed by atoms with Crippen LogP contribution in [-0.4, -0.2) is 42.6 Å². The molecule has 0 aliphatic rings. The Bertz CT molecular complexity index is 445. The van der Waals surface area contributed by atoms with E-state index in [1.807, 2.05) is 0 Å². The van der Waals surface area contributed by atoms with Crippen molar-refractivity contribution in [1.29, 1.82) is 0 Å². The van der Waals surface area contributed by atoms with Gasteiger partial charge in [-0.05, 0) is 18.2 Å². The average Bonchev–Trinajstić information content (AvgIpc) is 2.27. The molecule has 0 aliphatic heterocycles. The highest BCUT2D eigenvalue weighted by Gasteiger charge is 2.15. The summed E-state index contributed by atoms with van der Waals surface area (Å²) in [5.41, 5.74) is 6.32. The van der Waals surface area contributed by atoms with Crippen LogP contribution in [0.2, 0.25) is 0 Å². The van der Waals surface area contributed by atoms with Gasteiger partial charge in [0.15, 0.2) is 0 Å². The van der Waals surface area contributed by atoms with Crippen LogP contribution in [0.4, 0.5) is 5.69 Å². The summed E-state index contributed by atoms with van der Waals surface area (Å²) in [6.07, 6.45) is 0. The van der Waals surface area contributed by atoms with E-state index < -0.39 is 11.9 Å². The number of benzene rings is 1. The number of anilines is 1. The van der Waals surface area contributed by atoms with Gasteiger partial charge < -0.3 is 20.5 Å². The van der Waals surface area contributed by atoms with E-state index in [-0.39, 0.29) is 6.54 Å². The zero-order chi connectivity index (χ0) is 13.0. The second-order valence-corrected chi connectivity index (χ2v) is 3.51. The van der Waals surface area contributed by atoms with E-state index in [0.29, 0.717) is 17.0 Å². The van der Waals surface area contributed by atoms with E-state index in [2.05, 4.69) is 0 Å². The number of nitrogens with two attached hydrogens (primary N) is 1. The lowest BCUT2D eigenvalue weighted by Gasteiger charge is -2.15. The summed E-state index contributed by atoms with van der Waals surface area (Å²) < 4.78 is 4.96. The van der Waals surface area contributed by atoms with Gasteiger partial charge in [0.2, 0.25) is 0 Å². The Kier molecular flexibility index (Phi) is 3.92. The summed E-state index contributed by atoms with van der Waals surface area (Å²) >= 11 is 0. The smallest absolute Gasteiger partial charge is 0.323 e. The highest BCUT2D eigenvalue weighted by molar-refractivity contribution is 5.96. The summed E-state index contributed by atoms with van der Waals surface area (Å²) in [5.74, 6) is -0.994. The first-order valence-electron chi connectivity index (χ1n) is 4.86. The fraction of sp³-hybridized carbons (Fsp3) is 0.273. The molecule has 17 heavy (non-hydrogen) atoms. The third-order valence-electron chi connectivity index (χ3n) is 2.20. The molecule has 6 heteroatoms. The largest absolute Gasteiger partial charge is 0.495 e. The van der Waals surface area contributed by atoms with Crippen molar-refractivity contribution in [3.63, 3.8) is 0 Å². The van der Waals surface area contributed by atoms with Gasteiger partial charge in [0, 0.05) is 12.6 Å². The Hall–Kier alpha value is -2.24. The zero-order valence-corrected chi connectivity index (χ0v) is 9.64. The quantitative estimate of drug-likeness (QED) is 0.742. The molecule has 6 nitrogen and oxygen atoms in total. The van der Waals surface area contributed by atoms with Crippen molar-refractivity contribution in [2.75, 3.05) is 26.4 Å². The number of carbonyl (C=O) groups excluding carboxylic acids is 1. The van der Waals surface area contributed by atoms with Gasteiger partial charge in [-0.15, -0.1) is 0 Å². The van der Waals surface area contributed by atoms with Gasteiger partial charge in [-0.2, -0.15) is 0 Å². The number of carboxylic acid groups (broad SMARTS) is 1. The van der Waals surface area contributed by atoms with E-state index in [0.717, 1.165) is 4.90 Å². The highest BCUT2D eigenvalue weighted by Crippen LogP contribution is 2.22. The number of hydrogen-bond donors (Lipinski definition) is 2. The molecular weight excluding hydrogens is 224 g/mol. The summed E-state index contributed by atoms with van der Waals surface area (Å²) in [5, 5.41) is 8.58. The Balaban J connectivity index is 2.89. The minimum absolute atomic E-state index is 0.326. The second kappa shape index (κ2) is 5.20. The maximum atomic E-state index is 11.8. The molecule has 0 saturated heterocycles. The Morgan fingerprint density at radius 2 is 2.12 bits per heavy atom. The van der Waals surface area contributed by atoms with Gasteiger partial charge in [-0.25, -0.2) is 0 Å². The number of carboxylic acids is 1. The van der Waals surface area contributed by atoms with Crippen molar-refractivity contribution in [2.45, 2.75) is 0 Å². The average molecular weight is 238 g/mol. The maximum Gasteiger partial charge on any atom is 0.323 e. The fourth-order valence-electron chi connectivity index (χ4n) is 1.36. The van der Waals surface area contributed by atoms with Gasteiger partial charge in [0.05, 0.1) is 12.8 Å². The number of rotatable bonds is 4. The van der Waals surface area contributed by atoms with Crippen LogP contribution in [0.5, 0.6) is 5.75 Å². The molecule has 0 aromatic heterocycles. The standard InChI is InChI=1S/C11H14N2O4/c1-13(6-10(14)15)11(16)7-3-4-9(17-2)8(12)5-7/h3-5H,6,12H2,1-2H3,(H,14,15). The number of carbonyl (C=O) groups is 2. The first-order valence-corrected chi connectivity index (χ1v) is 4.86. The molecule has 0 bridgehead atoms. The maximum absolute atomic E-state index is 11.8. The number of hydrogen-bond acceptors (Lipinski definition) is 4. The first kappa shape index (κ1) is 12.8. The van der Waals surface area contributed by atoms with Crippen molar-refractivity contribution < 1.29 is 19.4 Å². The minimum atomic E-state index is -1.07. The van der Waals surface area contributed by atoms with Crippen molar-refractivity contribution in [1.82, 2.24) is 4.90 Å². The van der Waals surface area contributed by atoms with Crippen LogP contribution in [0.15, 0.2) is 18.2 Å². The Morgan fingerprint density at radius 3 is 2.59 bits per heavy atom. The highest BCUT2D eigenvalue weighted by atomic mass is 16.5. The van der Waals surface area contributed by atoms with E-state index in [4.69, 9.17) is 15.6 Å². The molecule has 0 spiro atoms. The number of aliphatic carboxylic acids is 1. The number of nitrogen functional groups attached to an aromatic ring is 1. The summed E-state index contributed by atoms with van der Waals surface area (Å²) in [7, 11) is 2.89. The number of ether oxygens (including phenoxy) is 1. The van der Waals surface area contributed by atoms with Crippen molar-refractivity contribution >= 4 is 17.6 Å².